The van der Waals surface area contributed by atoms with Gasteiger partial charge < -0.3 is 0 Å². The molecule has 0 saturated heterocycles. The second kappa shape index (κ2) is 4.20. The largest absolute Gasteiger partial charge is 0.207 e. The lowest BCUT2D eigenvalue weighted by Crippen LogP contribution is -1.84. The highest BCUT2D eigenvalue weighted by Crippen LogP contribution is 2.22. The van der Waals surface area contributed by atoms with Gasteiger partial charge in [0.2, 0.25) is 0 Å². The average Bonchev–Trinajstić information content (AvgIpc) is 2.29. The van der Waals surface area contributed by atoms with Gasteiger partial charge in [-0.15, -0.1) is 6.42 Å². The van der Waals surface area contributed by atoms with Crippen molar-refractivity contribution < 1.29 is 4.39 Å². The average molecular weight is 210 g/mol. The molecule has 0 aromatic heterocycles. The summed E-state index contributed by atoms with van der Waals surface area (Å²) in [5, 5.41) is 0. The highest BCUT2D eigenvalue weighted by atomic mass is 19.1. The molecule has 0 aliphatic heterocycles. The summed E-state index contributed by atoms with van der Waals surface area (Å²) in [6.07, 6.45) is 5.27. The van der Waals surface area contributed by atoms with E-state index in [4.69, 9.17) is 6.42 Å². The zero-order valence-electron chi connectivity index (χ0n) is 9.00. The minimum absolute atomic E-state index is 0.300. The molecule has 2 aromatic carbocycles. The molecule has 2 aromatic rings. The van der Waals surface area contributed by atoms with E-state index in [1.54, 1.807) is 0 Å². The summed E-state index contributed by atoms with van der Waals surface area (Å²) >= 11 is 0. The molecule has 0 nitrogen and oxygen atoms in total. The molecule has 2 rings (SSSR count). The van der Waals surface area contributed by atoms with Gasteiger partial charge >= 0.3 is 0 Å². The second-order valence-corrected chi connectivity index (χ2v) is 3.74. The van der Waals surface area contributed by atoms with Gasteiger partial charge in [0.15, 0.2) is 0 Å². The van der Waals surface area contributed by atoms with Crippen molar-refractivity contribution in [2.75, 3.05) is 0 Å². The fraction of sp³-hybridized carbons (Fsp3) is 0.0667. The van der Waals surface area contributed by atoms with E-state index in [2.05, 4.69) is 5.92 Å². The molecule has 0 bridgehead atoms. The summed E-state index contributed by atoms with van der Waals surface area (Å²) in [7, 11) is 0. The second-order valence-electron chi connectivity index (χ2n) is 3.74. The molecular weight excluding hydrogens is 199 g/mol. The zero-order chi connectivity index (χ0) is 11.5. The van der Waals surface area contributed by atoms with E-state index in [0.717, 1.165) is 11.1 Å². The molecule has 0 saturated carbocycles. The van der Waals surface area contributed by atoms with Crippen LogP contribution in [0.2, 0.25) is 0 Å². The third kappa shape index (κ3) is 2.12. The quantitative estimate of drug-likeness (QED) is 0.628. The first-order valence-electron chi connectivity index (χ1n) is 5.03. The molecule has 0 atom stereocenters. The molecule has 0 spiro atoms. The molecule has 0 fully saturated rings. The fourth-order valence-corrected chi connectivity index (χ4v) is 1.59. The summed E-state index contributed by atoms with van der Waals surface area (Å²) in [4.78, 5) is 0. The van der Waals surface area contributed by atoms with Crippen molar-refractivity contribution in [2.45, 2.75) is 6.92 Å². The minimum Gasteiger partial charge on any atom is -0.207 e. The summed E-state index contributed by atoms with van der Waals surface area (Å²) < 4.78 is 13.3. The van der Waals surface area contributed by atoms with Crippen LogP contribution in [0, 0.1) is 25.1 Å². The van der Waals surface area contributed by atoms with Crippen molar-refractivity contribution in [1.29, 1.82) is 0 Å². The fourth-order valence-electron chi connectivity index (χ4n) is 1.59. The Morgan fingerprint density at radius 3 is 2.31 bits per heavy atom. The first-order chi connectivity index (χ1) is 7.69. The SMILES string of the molecule is C#Cc1cc(F)cc(-c2ccc(C)cc2)c1. The molecule has 1 heteroatoms. The van der Waals surface area contributed by atoms with Crippen molar-refractivity contribution in [3.63, 3.8) is 0 Å². The Morgan fingerprint density at radius 1 is 1.00 bits per heavy atom. The minimum atomic E-state index is -0.300. The molecular formula is C15H11F. The number of rotatable bonds is 1. The molecule has 0 heterocycles. The number of hydrogen-bond acceptors (Lipinski definition) is 0. The molecule has 0 radical (unpaired) electrons. The Morgan fingerprint density at radius 2 is 1.69 bits per heavy atom. The van der Waals surface area contributed by atoms with E-state index in [1.165, 1.54) is 17.7 Å². The first kappa shape index (κ1) is 10.4. The predicted molar refractivity (Wildman–Crippen MR) is 64.5 cm³/mol. The van der Waals surface area contributed by atoms with Crippen molar-refractivity contribution in [2.24, 2.45) is 0 Å². The number of halogens is 1. The summed E-state index contributed by atoms with van der Waals surface area (Å²) in [6.45, 7) is 2.02. The summed E-state index contributed by atoms with van der Waals surface area (Å²) in [6, 6.07) is 12.6. The van der Waals surface area contributed by atoms with Gasteiger partial charge in [0.1, 0.15) is 5.82 Å². The van der Waals surface area contributed by atoms with Gasteiger partial charge in [-0.25, -0.2) is 4.39 Å². The maximum absolute atomic E-state index is 13.3. The van der Waals surface area contributed by atoms with Gasteiger partial charge in [0.25, 0.3) is 0 Å². The maximum Gasteiger partial charge on any atom is 0.125 e. The van der Waals surface area contributed by atoms with Crippen LogP contribution in [-0.4, -0.2) is 0 Å². The van der Waals surface area contributed by atoms with E-state index >= 15 is 0 Å². The van der Waals surface area contributed by atoms with Gasteiger partial charge in [-0.05, 0) is 36.2 Å². The topological polar surface area (TPSA) is 0 Å². The van der Waals surface area contributed by atoms with Crippen LogP contribution < -0.4 is 0 Å². The van der Waals surface area contributed by atoms with Crippen molar-refractivity contribution in [1.82, 2.24) is 0 Å². The summed E-state index contributed by atoms with van der Waals surface area (Å²) in [5.74, 6) is 2.15. The van der Waals surface area contributed by atoms with E-state index in [9.17, 15) is 4.39 Å². The van der Waals surface area contributed by atoms with Gasteiger partial charge in [-0.1, -0.05) is 35.7 Å². The third-order valence-electron chi connectivity index (χ3n) is 2.45. The van der Waals surface area contributed by atoms with Crippen LogP contribution in [0.25, 0.3) is 11.1 Å². The van der Waals surface area contributed by atoms with Crippen molar-refractivity contribution in [3.8, 4) is 23.5 Å². The molecule has 0 N–H and O–H groups in total. The number of terminal acetylenes is 1. The lowest BCUT2D eigenvalue weighted by molar-refractivity contribution is 0.628. The molecule has 0 unspecified atom stereocenters. The Hall–Kier alpha value is -2.07. The third-order valence-corrected chi connectivity index (χ3v) is 2.45. The van der Waals surface area contributed by atoms with Crippen LogP contribution in [0.3, 0.4) is 0 Å². The Bertz CT molecular complexity index is 545. The smallest absolute Gasteiger partial charge is 0.125 e. The number of hydrogen-bond donors (Lipinski definition) is 0. The molecule has 0 aliphatic carbocycles. The number of benzene rings is 2. The molecule has 16 heavy (non-hydrogen) atoms. The highest BCUT2D eigenvalue weighted by molar-refractivity contribution is 5.65. The maximum atomic E-state index is 13.3. The van der Waals surface area contributed by atoms with Crippen LogP contribution in [0.15, 0.2) is 42.5 Å². The van der Waals surface area contributed by atoms with E-state index in [1.807, 2.05) is 37.3 Å². The Kier molecular flexibility index (Phi) is 2.74. The zero-order valence-corrected chi connectivity index (χ0v) is 9.00. The van der Waals surface area contributed by atoms with Gasteiger partial charge in [0, 0.05) is 5.56 Å². The molecule has 78 valence electrons. The number of aryl methyl sites for hydroxylation is 1. The van der Waals surface area contributed by atoms with Gasteiger partial charge in [0.05, 0.1) is 0 Å². The van der Waals surface area contributed by atoms with Crippen LogP contribution in [0.4, 0.5) is 4.39 Å². The van der Waals surface area contributed by atoms with Crippen LogP contribution in [-0.2, 0) is 0 Å². The lowest BCUT2D eigenvalue weighted by Gasteiger charge is -2.03. The Balaban J connectivity index is 2.52. The predicted octanol–water partition coefficient (Wildman–Crippen LogP) is 3.78. The van der Waals surface area contributed by atoms with Crippen molar-refractivity contribution >= 4 is 0 Å². The van der Waals surface area contributed by atoms with Crippen molar-refractivity contribution in [3.05, 3.63) is 59.4 Å². The van der Waals surface area contributed by atoms with E-state index in [0.29, 0.717) is 5.56 Å². The van der Waals surface area contributed by atoms with Crippen LogP contribution >= 0.6 is 0 Å². The Labute approximate surface area is 94.7 Å². The van der Waals surface area contributed by atoms with Crippen LogP contribution in [0.1, 0.15) is 11.1 Å². The molecule has 0 amide bonds. The van der Waals surface area contributed by atoms with E-state index in [-0.39, 0.29) is 5.82 Å². The van der Waals surface area contributed by atoms with Crippen LogP contribution in [0.5, 0.6) is 0 Å². The van der Waals surface area contributed by atoms with Gasteiger partial charge in [-0.3, -0.25) is 0 Å². The first-order valence-corrected chi connectivity index (χ1v) is 5.03. The lowest BCUT2D eigenvalue weighted by atomic mass is 10.0. The normalized spacial score (nSPS) is 9.81. The monoisotopic (exact) mass is 210 g/mol. The summed E-state index contributed by atoms with van der Waals surface area (Å²) in [5.41, 5.74) is 3.53. The standard InChI is InChI=1S/C15H11F/c1-3-12-8-14(10-15(16)9-12)13-6-4-11(2)5-7-13/h1,4-10H,2H3. The van der Waals surface area contributed by atoms with E-state index < -0.39 is 0 Å². The van der Waals surface area contributed by atoms with Gasteiger partial charge in [-0.2, -0.15) is 0 Å². The highest BCUT2D eigenvalue weighted by Gasteiger charge is 2.01. The molecule has 0 aliphatic rings.